The van der Waals surface area contributed by atoms with Crippen LogP contribution in [0.3, 0.4) is 0 Å². The Morgan fingerprint density at radius 2 is 2.47 bits per heavy atom. The molecule has 0 saturated heterocycles. The summed E-state index contributed by atoms with van der Waals surface area (Å²) in [6.45, 7) is 3.86. The van der Waals surface area contributed by atoms with Gasteiger partial charge in [-0.25, -0.2) is 9.89 Å². The second-order valence-corrected chi connectivity index (χ2v) is 4.87. The Balaban J connectivity index is 2.07. The molecule has 1 saturated carbocycles. The Hall–Kier alpha value is -0.620. The van der Waals surface area contributed by atoms with Crippen LogP contribution in [0.2, 0.25) is 0 Å². The minimum atomic E-state index is -0.100. The van der Waals surface area contributed by atoms with E-state index in [4.69, 9.17) is 0 Å². The summed E-state index contributed by atoms with van der Waals surface area (Å²) in [5, 5.41) is 7.26. The lowest BCUT2D eigenvalue weighted by molar-refractivity contribution is 0.643. The molecule has 0 radical (unpaired) electrons. The Labute approximate surface area is 97.6 Å². The van der Waals surface area contributed by atoms with Gasteiger partial charge in [0.2, 0.25) is 0 Å². The molecule has 1 heterocycles. The molecule has 0 aromatic carbocycles. The number of aromatic amines is 1. The molecular formula is C9H13N3OS2. The van der Waals surface area contributed by atoms with E-state index in [1.54, 1.807) is 16.3 Å². The lowest BCUT2D eigenvalue weighted by atomic mass is 10.4. The number of H-pyrrole nitrogens is 1. The van der Waals surface area contributed by atoms with E-state index < -0.39 is 0 Å². The molecule has 1 aliphatic carbocycles. The summed E-state index contributed by atoms with van der Waals surface area (Å²) in [4.78, 5) is 11.4. The van der Waals surface area contributed by atoms with Gasteiger partial charge in [0, 0.05) is 17.5 Å². The summed E-state index contributed by atoms with van der Waals surface area (Å²) in [7, 11) is 0. The highest BCUT2D eigenvalue weighted by atomic mass is 32.2. The molecule has 1 fully saturated rings. The zero-order valence-corrected chi connectivity index (χ0v) is 9.98. The van der Waals surface area contributed by atoms with Crippen LogP contribution in [0.25, 0.3) is 0 Å². The first-order valence-electron chi connectivity index (χ1n) is 4.79. The first-order valence-corrected chi connectivity index (χ1v) is 6.41. The smallest absolute Gasteiger partial charge is 0.267 e. The van der Waals surface area contributed by atoms with Gasteiger partial charge in [0.25, 0.3) is 0 Å². The number of hydrogen-bond donors (Lipinski definition) is 2. The Kier molecular flexibility index (Phi) is 3.25. The maximum Gasteiger partial charge on any atom is 0.344 e. The van der Waals surface area contributed by atoms with Gasteiger partial charge >= 0.3 is 5.69 Å². The highest BCUT2D eigenvalue weighted by Crippen LogP contribution is 2.36. The number of thiol groups is 1. The SMILES string of the molecule is C=C(CS)CSc1n[nH]c(=O)n1C1CC1. The van der Waals surface area contributed by atoms with Crippen LogP contribution in [0.1, 0.15) is 18.9 Å². The molecule has 0 atom stereocenters. The molecule has 1 aliphatic rings. The topological polar surface area (TPSA) is 50.7 Å². The number of nitrogens with zero attached hydrogens (tertiary/aromatic N) is 2. The fourth-order valence-electron chi connectivity index (χ4n) is 1.26. The molecule has 0 spiro atoms. The van der Waals surface area contributed by atoms with Gasteiger partial charge in [-0.2, -0.15) is 12.6 Å². The van der Waals surface area contributed by atoms with Gasteiger partial charge in [0.05, 0.1) is 0 Å². The molecular weight excluding hydrogens is 230 g/mol. The number of hydrogen-bond acceptors (Lipinski definition) is 4. The standard InChI is InChI=1S/C9H13N3OS2/c1-6(4-14)5-15-9-11-10-8(13)12(9)7-2-3-7/h7,14H,1-5H2,(H,10,13). The summed E-state index contributed by atoms with van der Waals surface area (Å²) in [6, 6.07) is 0.364. The minimum Gasteiger partial charge on any atom is -0.267 e. The fraction of sp³-hybridized carbons (Fsp3) is 0.556. The van der Waals surface area contributed by atoms with Crippen LogP contribution in [0.5, 0.6) is 0 Å². The van der Waals surface area contributed by atoms with E-state index in [-0.39, 0.29) is 5.69 Å². The largest absolute Gasteiger partial charge is 0.344 e. The second kappa shape index (κ2) is 4.49. The van der Waals surface area contributed by atoms with Crippen molar-refractivity contribution in [3.8, 4) is 0 Å². The molecule has 0 bridgehead atoms. The van der Waals surface area contributed by atoms with Crippen molar-refractivity contribution in [1.29, 1.82) is 0 Å². The maximum absolute atomic E-state index is 11.4. The number of thioether (sulfide) groups is 1. The number of nitrogens with one attached hydrogen (secondary N) is 1. The van der Waals surface area contributed by atoms with Crippen molar-refractivity contribution in [1.82, 2.24) is 14.8 Å². The summed E-state index contributed by atoms with van der Waals surface area (Å²) in [5.41, 5.74) is 0.942. The highest BCUT2D eigenvalue weighted by Gasteiger charge is 2.28. The summed E-state index contributed by atoms with van der Waals surface area (Å²) in [6.07, 6.45) is 2.17. The molecule has 0 aliphatic heterocycles. The fourth-order valence-corrected chi connectivity index (χ4v) is 2.44. The van der Waals surface area contributed by atoms with Gasteiger partial charge in [-0.05, 0) is 12.8 Å². The highest BCUT2D eigenvalue weighted by molar-refractivity contribution is 7.99. The van der Waals surface area contributed by atoms with E-state index >= 15 is 0 Å². The molecule has 1 N–H and O–H groups in total. The second-order valence-electron chi connectivity index (χ2n) is 3.61. The third-order valence-electron chi connectivity index (χ3n) is 2.21. The van der Waals surface area contributed by atoms with Crippen molar-refractivity contribution in [2.75, 3.05) is 11.5 Å². The molecule has 2 rings (SSSR count). The van der Waals surface area contributed by atoms with E-state index in [1.807, 2.05) is 0 Å². The van der Waals surface area contributed by atoms with Gasteiger partial charge in [-0.15, -0.1) is 5.10 Å². The van der Waals surface area contributed by atoms with Crippen LogP contribution in [-0.4, -0.2) is 26.3 Å². The average Bonchev–Trinajstić information content (AvgIpc) is 3.00. The molecule has 0 amide bonds. The van der Waals surface area contributed by atoms with Gasteiger partial charge in [-0.3, -0.25) is 4.57 Å². The Morgan fingerprint density at radius 3 is 3.07 bits per heavy atom. The summed E-state index contributed by atoms with van der Waals surface area (Å²) >= 11 is 5.68. The van der Waals surface area contributed by atoms with Crippen molar-refractivity contribution in [2.24, 2.45) is 0 Å². The molecule has 4 nitrogen and oxygen atoms in total. The van der Waals surface area contributed by atoms with Crippen molar-refractivity contribution in [2.45, 2.75) is 24.0 Å². The third kappa shape index (κ3) is 2.49. The number of aromatic nitrogens is 3. The average molecular weight is 243 g/mol. The number of rotatable bonds is 5. The molecule has 1 aromatic heterocycles. The van der Waals surface area contributed by atoms with Crippen LogP contribution in [0, 0.1) is 0 Å². The summed E-state index contributed by atoms with van der Waals surface area (Å²) < 4.78 is 1.75. The van der Waals surface area contributed by atoms with E-state index in [2.05, 4.69) is 29.4 Å². The van der Waals surface area contributed by atoms with Crippen molar-refractivity contribution < 1.29 is 0 Å². The van der Waals surface area contributed by atoms with Crippen molar-refractivity contribution in [3.63, 3.8) is 0 Å². The predicted octanol–water partition coefficient (Wildman–Crippen LogP) is 1.48. The maximum atomic E-state index is 11.4. The Morgan fingerprint density at radius 1 is 1.73 bits per heavy atom. The molecule has 15 heavy (non-hydrogen) atoms. The first kappa shape index (κ1) is 10.9. The van der Waals surface area contributed by atoms with Crippen LogP contribution in [-0.2, 0) is 0 Å². The lowest BCUT2D eigenvalue weighted by Crippen LogP contribution is -2.16. The van der Waals surface area contributed by atoms with Crippen LogP contribution >= 0.6 is 24.4 Å². The molecule has 82 valence electrons. The molecule has 0 unspecified atom stereocenters. The van der Waals surface area contributed by atoms with Gasteiger partial charge < -0.3 is 0 Å². The Bertz CT molecular complexity index is 419. The van der Waals surface area contributed by atoms with Crippen LogP contribution in [0.15, 0.2) is 22.1 Å². The van der Waals surface area contributed by atoms with Crippen molar-refractivity contribution in [3.05, 3.63) is 22.6 Å². The van der Waals surface area contributed by atoms with E-state index in [0.717, 1.165) is 29.3 Å². The molecule has 1 aromatic rings. The quantitative estimate of drug-likeness (QED) is 0.468. The minimum absolute atomic E-state index is 0.100. The zero-order chi connectivity index (χ0) is 10.8. The zero-order valence-electron chi connectivity index (χ0n) is 8.27. The molecule has 6 heteroatoms. The van der Waals surface area contributed by atoms with Crippen LogP contribution in [0.4, 0.5) is 0 Å². The summed E-state index contributed by atoms with van der Waals surface area (Å²) in [5.74, 6) is 1.44. The normalized spacial score (nSPS) is 15.5. The van der Waals surface area contributed by atoms with Gasteiger partial charge in [0.1, 0.15) is 0 Å². The third-order valence-corrected chi connectivity index (χ3v) is 3.76. The van der Waals surface area contributed by atoms with Gasteiger partial charge in [0.15, 0.2) is 5.16 Å². The van der Waals surface area contributed by atoms with E-state index in [0.29, 0.717) is 11.8 Å². The van der Waals surface area contributed by atoms with Crippen molar-refractivity contribution >= 4 is 24.4 Å². The van der Waals surface area contributed by atoms with Gasteiger partial charge in [-0.1, -0.05) is 23.9 Å². The predicted molar refractivity (Wildman–Crippen MR) is 64.8 cm³/mol. The van der Waals surface area contributed by atoms with Crippen LogP contribution < -0.4 is 5.69 Å². The van der Waals surface area contributed by atoms with E-state index in [1.165, 1.54) is 0 Å². The monoisotopic (exact) mass is 243 g/mol. The lowest BCUT2D eigenvalue weighted by Gasteiger charge is -2.03. The van der Waals surface area contributed by atoms with E-state index in [9.17, 15) is 4.79 Å². The first-order chi connectivity index (χ1) is 7.22.